The van der Waals surface area contributed by atoms with Crippen molar-refractivity contribution in [2.75, 3.05) is 25.1 Å². The van der Waals surface area contributed by atoms with E-state index in [1.54, 1.807) is 43.5 Å². The summed E-state index contributed by atoms with van der Waals surface area (Å²) in [6.45, 7) is 0.251. The van der Waals surface area contributed by atoms with E-state index in [-0.39, 0.29) is 18.2 Å². The Morgan fingerprint density at radius 3 is 2.44 bits per heavy atom. The third kappa shape index (κ3) is 6.41. The Bertz CT molecular complexity index is 941. The van der Waals surface area contributed by atoms with E-state index in [2.05, 4.69) is 4.72 Å². The fourth-order valence-corrected chi connectivity index (χ4v) is 2.90. The molecule has 144 valence electrons. The Balaban J connectivity index is 1.98. The Kier molecular flexibility index (Phi) is 6.57. The number of nitrogens with zero attached hydrogens (tertiary/aromatic N) is 1. The minimum Gasteiger partial charge on any atom is -0.494 e. The van der Waals surface area contributed by atoms with Gasteiger partial charge in [-0.15, -0.1) is 0 Å². The average Bonchev–Trinajstić information content (AvgIpc) is 2.59. The van der Waals surface area contributed by atoms with Gasteiger partial charge >= 0.3 is 0 Å². The lowest BCUT2D eigenvalue weighted by molar-refractivity contribution is -0.125. The summed E-state index contributed by atoms with van der Waals surface area (Å²) in [5.41, 5.74) is 1.83. The van der Waals surface area contributed by atoms with Crippen molar-refractivity contribution in [3.05, 3.63) is 65.5 Å². The highest BCUT2D eigenvalue weighted by Crippen LogP contribution is 2.18. The van der Waals surface area contributed by atoms with Crippen molar-refractivity contribution in [2.45, 2.75) is 6.54 Å². The molecule has 2 rings (SSSR count). The van der Waals surface area contributed by atoms with Crippen molar-refractivity contribution in [1.29, 1.82) is 0 Å². The number of rotatable bonds is 7. The number of nitrogens with one attached hydrogen (secondary N) is 1. The van der Waals surface area contributed by atoms with E-state index in [1.807, 2.05) is 0 Å². The van der Waals surface area contributed by atoms with Gasteiger partial charge < -0.3 is 9.64 Å². The van der Waals surface area contributed by atoms with Gasteiger partial charge in [0, 0.05) is 25.4 Å². The summed E-state index contributed by atoms with van der Waals surface area (Å²) in [5, 5.41) is 0. The molecule has 2 aromatic rings. The van der Waals surface area contributed by atoms with Gasteiger partial charge in [-0.2, -0.15) is 0 Å². The lowest BCUT2D eigenvalue weighted by atomic mass is 10.2. The van der Waals surface area contributed by atoms with Gasteiger partial charge in [0.25, 0.3) is 0 Å². The summed E-state index contributed by atoms with van der Waals surface area (Å²) in [5.74, 6) is -0.569. The fourth-order valence-electron chi connectivity index (χ4n) is 2.33. The second-order valence-electron chi connectivity index (χ2n) is 5.99. The molecule has 1 amide bonds. The van der Waals surface area contributed by atoms with Crippen LogP contribution in [0.5, 0.6) is 5.75 Å². The van der Waals surface area contributed by atoms with E-state index >= 15 is 0 Å². The quantitative estimate of drug-likeness (QED) is 0.735. The molecule has 0 radical (unpaired) electrons. The van der Waals surface area contributed by atoms with Crippen molar-refractivity contribution in [3.8, 4) is 5.75 Å². The second kappa shape index (κ2) is 8.68. The highest BCUT2D eigenvalue weighted by atomic mass is 32.2. The van der Waals surface area contributed by atoms with E-state index in [4.69, 9.17) is 4.74 Å². The SMILES string of the molecule is COc1ccc(CN(C)C(=O)/C=C/c2ccc(NS(C)(=O)=O)cc2)cc1F. The van der Waals surface area contributed by atoms with Crippen LogP contribution in [-0.2, 0) is 21.4 Å². The van der Waals surface area contributed by atoms with Gasteiger partial charge in [0.15, 0.2) is 11.6 Å². The monoisotopic (exact) mass is 392 g/mol. The number of ether oxygens (including phenoxy) is 1. The van der Waals surface area contributed by atoms with Crippen molar-refractivity contribution in [1.82, 2.24) is 4.90 Å². The van der Waals surface area contributed by atoms with E-state index in [1.165, 1.54) is 30.2 Å². The third-order valence-corrected chi connectivity index (χ3v) is 4.25. The van der Waals surface area contributed by atoms with Crippen molar-refractivity contribution >= 4 is 27.7 Å². The number of carbonyl (C=O) groups is 1. The molecule has 0 saturated carbocycles. The molecule has 0 unspecified atom stereocenters. The molecule has 8 heteroatoms. The summed E-state index contributed by atoms with van der Waals surface area (Å²) >= 11 is 0. The molecule has 27 heavy (non-hydrogen) atoms. The molecule has 0 saturated heterocycles. The van der Waals surface area contributed by atoms with Gasteiger partial charge in [0.05, 0.1) is 13.4 Å². The zero-order valence-electron chi connectivity index (χ0n) is 15.3. The molecule has 0 atom stereocenters. The van der Waals surface area contributed by atoms with Gasteiger partial charge in [-0.1, -0.05) is 18.2 Å². The lowest BCUT2D eigenvalue weighted by Gasteiger charge is -2.15. The van der Waals surface area contributed by atoms with E-state index < -0.39 is 15.8 Å². The molecule has 0 aromatic heterocycles. The van der Waals surface area contributed by atoms with Crippen LogP contribution in [0.1, 0.15) is 11.1 Å². The highest BCUT2D eigenvalue weighted by Gasteiger charge is 2.09. The molecule has 0 spiro atoms. The Morgan fingerprint density at radius 2 is 1.89 bits per heavy atom. The fraction of sp³-hybridized carbons (Fsp3) is 0.211. The molecule has 0 heterocycles. The van der Waals surface area contributed by atoms with Crippen molar-refractivity contribution < 1.29 is 22.3 Å². The molecular weight excluding hydrogens is 371 g/mol. The average molecular weight is 392 g/mol. The molecule has 0 bridgehead atoms. The van der Waals surface area contributed by atoms with Crippen LogP contribution in [0.4, 0.5) is 10.1 Å². The second-order valence-corrected chi connectivity index (χ2v) is 7.74. The van der Waals surface area contributed by atoms with Gasteiger partial charge in [-0.3, -0.25) is 9.52 Å². The maximum absolute atomic E-state index is 13.7. The van der Waals surface area contributed by atoms with Crippen LogP contribution in [0, 0.1) is 5.82 Å². The van der Waals surface area contributed by atoms with Crippen LogP contribution >= 0.6 is 0 Å². The predicted molar refractivity (Wildman–Crippen MR) is 103 cm³/mol. The Labute approximate surface area is 158 Å². The summed E-state index contributed by atoms with van der Waals surface area (Å²) < 4.78 is 43.3. The zero-order valence-corrected chi connectivity index (χ0v) is 16.1. The van der Waals surface area contributed by atoms with Gasteiger partial charge in [-0.05, 0) is 41.5 Å². The molecule has 6 nitrogen and oxygen atoms in total. The lowest BCUT2D eigenvalue weighted by Crippen LogP contribution is -2.24. The topological polar surface area (TPSA) is 75.7 Å². The van der Waals surface area contributed by atoms with E-state index in [9.17, 15) is 17.6 Å². The molecule has 0 aliphatic rings. The van der Waals surface area contributed by atoms with Gasteiger partial charge in [0.1, 0.15) is 0 Å². The van der Waals surface area contributed by atoms with Crippen LogP contribution in [0.2, 0.25) is 0 Å². The molecular formula is C19H21FN2O4S. The number of carbonyl (C=O) groups excluding carboxylic acids is 1. The summed E-state index contributed by atoms with van der Waals surface area (Å²) in [6, 6.07) is 11.1. The standard InChI is InChI=1S/C19H21FN2O4S/c1-22(13-15-6-10-18(26-2)17(20)12-15)19(23)11-7-14-4-8-16(9-5-14)21-27(3,24)25/h4-12,21H,13H2,1-3H3/b11-7+. The molecule has 1 N–H and O–H groups in total. The third-order valence-electron chi connectivity index (χ3n) is 3.64. The first-order valence-electron chi connectivity index (χ1n) is 8.01. The number of hydrogen-bond acceptors (Lipinski definition) is 4. The van der Waals surface area contributed by atoms with Crippen LogP contribution in [0.25, 0.3) is 6.08 Å². The minimum atomic E-state index is -3.33. The van der Waals surface area contributed by atoms with E-state index in [0.717, 1.165) is 11.8 Å². The van der Waals surface area contributed by atoms with Crippen LogP contribution in [0.15, 0.2) is 48.5 Å². The number of likely N-dealkylation sites (N-methyl/N-ethyl adjacent to an activating group) is 1. The minimum absolute atomic E-state index is 0.154. The molecule has 0 aliphatic carbocycles. The summed E-state index contributed by atoms with van der Waals surface area (Å²) in [6.07, 6.45) is 4.10. The van der Waals surface area contributed by atoms with Crippen LogP contribution < -0.4 is 9.46 Å². The van der Waals surface area contributed by atoms with Crippen molar-refractivity contribution in [3.63, 3.8) is 0 Å². The maximum Gasteiger partial charge on any atom is 0.246 e. The number of sulfonamides is 1. The predicted octanol–water partition coefficient (Wildman–Crippen LogP) is 2.88. The number of amides is 1. The number of benzene rings is 2. The van der Waals surface area contributed by atoms with E-state index in [0.29, 0.717) is 11.3 Å². The van der Waals surface area contributed by atoms with Crippen molar-refractivity contribution in [2.24, 2.45) is 0 Å². The molecule has 0 fully saturated rings. The number of hydrogen-bond donors (Lipinski definition) is 1. The van der Waals surface area contributed by atoms with Crippen LogP contribution in [0.3, 0.4) is 0 Å². The highest BCUT2D eigenvalue weighted by molar-refractivity contribution is 7.92. The molecule has 2 aromatic carbocycles. The first kappa shape index (κ1) is 20.4. The first-order valence-corrected chi connectivity index (χ1v) is 9.90. The summed E-state index contributed by atoms with van der Waals surface area (Å²) in [7, 11) is -0.318. The van der Waals surface area contributed by atoms with Gasteiger partial charge in [0.2, 0.25) is 15.9 Å². The first-order chi connectivity index (χ1) is 12.7. The number of methoxy groups -OCH3 is 1. The summed E-state index contributed by atoms with van der Waals surface area (Å²) in [4.78, 5) is 13.7. The Hall–Kier alpha value is -2.87. The normalized spacial score (nSPS) is 11.4. The zero-order chi connectivity index (χ0) is 20.0. The van der Waals surface area contributed by atoms with Crippen LogP contribution in [-0.4, -0.2) is 39.6 Å². The maximum atomic E-state index is 13.7. The molecule has 0 aliphatic heterocycles. The smallest absolute Gasteiger partial charge is 0.246 e. The Morgan fingerprint density at radius 1 is 1.22 bits per heavy atom. The number of anilines is 1. The largest absolute Gasteiger partial charge is 0.494 e. The number of halogens is 1. The van der Waals surface area contributed by atoms with Gasteiger partial charge in [-0.25, -0.2) is 12.8 Å².